The molecular weight excluding hydrogens is 328 g/mol. The van der Waals surface area contributed by atoms with Gasteiger partial charge in [-0.3, -0.25) is 4.79 Å². The van der Waals surface area contributed by atoms with Crippen LogP contribution in [0.3, 0.4) is 0 Å². The molecular formula is C21H20N2O3. The Morgan fingerprint density at radius 3 is 2.50 bits per heavy atom. The molecule has 1 amide bonds. The van der Waals surface area contributed by atoms with Gasteiger partial charge in [0, 0.05) is 6.54 Å². The maximum atomic E-state index is 12.1. The molecule has 0 unspecified atom stereocenters. The molecule has 0 saturated carbocycles. The third-order valence-corrected chi connectivity index (χ3v) is 3.67. The van der Waals surface area contributed by atoms with Gasteiger partial charge in [0.1, 0.15) is 23.1 Å². The molecule has 132 valence electrons. The number of carbonyl (C=O) groups excluding carboxylic acids is 1. The van der Waals surface area contributed by atoms with Crippen LogP contribution in [0.4, 0.5) is 0 Å². The lowest BCUT2D eigenvalue weighted by molar-refractivity contribution is -0.117. The molecule has 0 aliphatic heterocycles. The minimum absolute atomic E-state index is 0.0368. The summed E-state index contributed by atoms with van der Waals surface area (Å²) < 4.78 is 5.10. The smallest absolute Gasteiger partial charge is 0.261 e. The fraction of sp³-hybridized carbons (Fsp3) is 0.143. The Morgan fingerprint density at radius 2 is 1.88 bits per heavy atom. The van der Waals surface area contributed by atoms with Crippen molar-refractivity contribution in [1.82, 2.24) is 5.32 Å². The molecule has 0 aromatic heterocycles. The number of nitrogens with one attached hydrogen (secondary N) is 1. The first-order chi connectivity index (χ1) is 12.6. The highest BCUT2D eigenvalue weighted by Crippen LogP contribution is 2.12. The van der Waals surface area contributed by atoms with Gasteiger partial charge in [0.25, 0.3) is 5.91 Å². The number of methoxy groups -OCH3 is 1. The van der Waals surface area contributed by atoms with Crippen LogP contribution in [0.15, 0.2) is 66.3 Å². The number of benzene rings is 2. The van der Waals surface area contributed by atoms with E-state index in [2.05, 4.69) is 5.32 Å². The van der Waals surface area contributed by atoms with Gasteiger partial charge < -0.3 is 15.2 Å². The van der Waals surface area contributed by atoms with Crippen molar-refractivity contribution in [2.24, 2.45) is 0 Å². The number of aromatic hydroxyl groups is 1. The standard InChI is InChI=1S/C21H20N2O3/c1-26-20-11-7-17(8-12-20)13-14-23-21(25)18(15-22)4-2-3-16-5-9-19(24)10-6-16/h2-12,24H,13-14H2,1H3,(H,23,25)/b3-2+,18-4+. The normalized spacial score (nSPS) is 11.2. The molecule has 0 bridgehead atoms. The summed E-state index contributed by atoms with van der Waals surface area (Å²) in [6.07, 6.45) is 5.52. The number of hydrogen-bond donors (Lipinski definition) is 2. The summed E-state index contributed by atoms with van der Waals surface area (Å²) in [7, 11) is 1.61. The van der Waals surface area contributed by atoms with Gasteiger partial charge in [-0.15, -0.1) is 0 Å². The van der Waals surface area contributed by atoms with E-state index in [1.54, 1.807) is 43.5 Å². The minimum atomic E-state index is -0.406. The third-order valence-electron chi connectivity index (χ3n) is 3.67. The Balaban J connectivity index is 1.87. The van der Waals surface area contributed by atoms with Crippen LogP contribution in [0.5, 0.6) is 11.5 Å². The molecule has 5 nitrogen and oxygen atoms in total. The number of rotatable bonds is 7. The van der Waals surface area contributed by atoms with E-state index in [0.717, 1.165) is 16.9 Å². The van der Waals surface area contributed by atoms with Crippen LogP contribution in [0.25, 0.3) is 6.08 Å². The number of amides is 1. The predicted molar refractivity (Wildman–Crippen MR) is 101 cm³/mol. The number of ether oxygens (including phenoxy) is 1. The van der Waals surface area contributed by atoms with Crippen molar-refractivity contribution in [3.8, 4) is 17.6 Å². The first kappa shape index (κ1) is 18.8. The number of phenolic OH excluding ortho intramolecular Hbond substituents is 1. The van der Waals surface area contributed by atoms with E-state index in [4.69, 9.17) is 10.00 Å². The first-order valence-corrected chi connectivity index (χ1v) is 8.11. The molecule has 2 aromatic carbocycles. The van der Waals surface area contributed by atoms with Crippen LogP contribution in [-0.4, -0.2) is 24.7 Å². The van der Waals surface area contributed by atoms with Crippen molar-refractivity contribution in [2.45, 2.75) is 6.42 Å². The lowest BCUT2D eigenvalue weighted by Crippen LogP contribution is -2.26. The molecule has 0 radical (unpaired) electrons. The molecule has 0 aliphatic carbocycles. The van der Waals surface area contributed by atoms with Gasteiger partial charge in [0.15, 0.2) is 0 Å². The second-order valence-electron chi connectivity index (χ2n) is 5.50. The zero-order valence-corrected chi connectivity index (χ0v) is 14.5. The Bertz CT molecular complexity index is 829. The Kier molecular flexibility index (Phi) is 7.02. The second-order valence-corrected chi connectivity index (χ2v) is 5.50. The number of hydrogen-bond acceptors (Lipinski definition) is 4. The minimum Gasteiger partial charge on any atom is -0.508 e. The fourth-order valence-electron chi connectivity index (χ4n) is 2.21. The number of phenols is 1. The average molecular weight is 348 g/mol. The Labute approximate surface area is 152 Å². The zero-order valence-electron chi connectivity index (χ0n) is 14.5. The van der Waals surface area contributed by atoms with Crippen molar-refractivity contribution in [2.75, 3.05) is 13.7 Å². The van der Waals surface area contributed by atoms with E-state index < -0.39 is 5.91 Å². The monoisotopic (exact) mass is 348 g/mol. The quantitative estimate of drug-likeness (QED) is 0.457. The van der Waals surface area contributed by atoms with E-state index in [0.29, 0.717) is 13.0 Å². The number of allylic oxidation sites excluding steroid dienone is 2. The van der Waals surface area contributed by atoms with E-state index in [9.17, 15) is 9.90 Å². The van der Waals surface area contributed by atoms with Gasteiger partial charge in [-0.2, -0.15) is 5.26 Å². The molecule has 0 aliphatic rings. The highest BCUT2D eigenvalue weighted by Gasteiger charge is 2.06. The van der Waals surface area contributed by atoms with Gasteiger partial charge in [0.2, 0.25) is 0 Å². The van der Waals surface area contributed by atoms with Crippen LogP contribution >= 0.6 is 0 Å². The van der Waals surface area contributed by atoms with Gasteiger partial charge in [0.05, 0.1) is 7.11 Å². The topological polar surface area (TPSA) is 82.3 Å². The molecule has 2 N–H and O–H groups in total. The molecule has 0 spiro atoms. The zero-order chi connectivity index (χ0) is 18.8. The number of nitriles is 1. The average Bonchev–Trinajstić information content (AvgIpc) is 2.67. The van der Waals surface area contributed by atoms with Gasteiger partial charge in [-0.25, -0.2) is 0 Å². The van der Waals surface area contributed by atoms with E-state index in [1.165, 1.54) is 6.08 Å². The number of carbonyl (C=O) groups is 1. The third kappa shape index (κ3) is 5.84. The molecule has 26 heavy (non-hydrogen) atoms. The fourth-order valence-corrected chi connectivity index (χ4v) is 2.21. The lowest BCUT2D eigenvalue weighted by atomic mass is 10.1. The van der Waals surface area contributed by atoms with E-state index >= 15 is 0 Å². The SMILES string of the molecule is COc1ccc(CCNC(=O)/C(C#N)=C/C=C/c2ccc(O)cc2)cc1. The molecule has 0 atom stereocenters. The highest BCUT2D eigenvalue weighted by atomic mass is 16.5. The summed E-state index contributed by atoms with van der Waals surface area (Å²) in [5, 5.41) is 21.1. The maximum Gasteiger partial charge on any atom is 0.261 e. The summed E-state index contributed by atoms with van der Waals surface area (Å²) in [5.41, 5.74) is 1.96. The Morgan fingerprint density at radius 1 is 1.19 bits per heavy atom. The Hall–Kier alpha value is -3.52. The van der Waals surface area contributed by atoms with Crippen LogP contribution in [0.1, 0.15) is 11.1 Å². The molecule has 5 heteroatoms. The summed E-state index contributed by atoms with van der Waals surface area (Å²) in [4.78, 5) is 12.1. The largest absolute Gasteiger partial charge is 0.508 e. The summed E-state index contributed by atoms with van der Waals surface area (Å²) >= 11 is 0. The molecule has 0 fully saturated rings. The maximum absolute atomic E-state index is 12.1. The summed E-state index contributed by atoms with van der Waals surface area (Å²) in [6.45, 7) is 0.436. The summed E-state index contributed by atoms with van der Waals surface area (Å²) in [6, 6.07) is 16.1. The number of nitrogens with zero attached hydrogens (tertiary/aromatic N) is 1. The first-order valence-electron chi connectivity index (χ1n) is 8.11. The van der Waals surface area contributed by atoms with Gasteiger partial charge >= 0.3 is 0 Å². The summed E-state index contributed by atoms with van der Waals surface area (Å²) in [5.74, 6) is 0.566. The van der Waals surface area contributed by atoms with Crippen molar-refractivity contribution in [1.29, 1.82) is 5.26 Å². The van der Waals surface area contributed by atoms with Crippen LogP contribution < -0.4 is 10.1 Å². The highest BCUT2D eigenvalue weighted by molar-refractivity contribution is 5.97. The molecule has 2 aromatic rings. The van der Waals surface area contributed by atoms with Crippen molar-refractivity contribution >= 4 is 12.0 Å². The van der Waals surface area contributed by atoms with Crippen LogP contribution in [-0.2, 0) is 11.2 Å². The molecule has 2 rings (SSSR count). The lowest BCUT2D eigenvalue weighted by Gasteiger charge is -2.05. The van der Waals surface area contributed by atoms with Crippen molar-refractivity contribution < 1.29 is 14.6 Å². The molecule has 0 heterocycles. The predicted octanol–water partition coefficient (Wildman–Crippen LogP) is 3.22. The van der Waals surface area contributed by atoms with Crippen molar-refractivity contribution in [3.63, 3.8) is 0 Å². The van der Waals surface area contributed by atoms with E-state index in [-0.39, 0.29) is 11.3 Å². The van der Waals surface area contributed by atoms with Crippen LogP contribution in [0.2, 0.25) is 0 Å². The van der Waals surface area contributed by atoms with Gasteiger partial charge in [-0.1, -0.05) is 36.4 Å². The van der Waals surface area contributed by atoms with Crippen molar-refractivity contribution in [3.05, 3.63) is 77.4 Å². The second kappa shape index (κ2) is 9.70. The van der Waals surface area contributed by atoms with Gasteiger partial charge in [-0.05, 0) is 47.9 Å². The van der Waals surface area contributed by atoms with Crippen LogP contribution in [0, 0.1) is 11.3 Å². The van der Waals surface area contributed by atoms with E-state index in [1.807, 2.05) is 30.3 Å². The molecule has 0 saturated heterocycles.